The van der Waals surface area contributed by atoms with Crippen LogP contribution in [0.5, 0.6) is 0 Å². The van der Waals surface area contributed by atoms with Crippen molar-refractivity contribution in [1.29, 1.82) is 0 Å². The van der Waals surface area contributed by atoms with Crippen LogP contribution in [0, 0.1) is 0 Å². The molecule has 0 radical (unpaired) electrons. The first-order chi connectivity index (χ1) is 6.24. The lowest BCUT2D eigenvalue weighted by molar-refractivity contribution is 0.548. The minimum absolute atomic E-state index is 0.148. The molecule has 0 saturated carbocycles. The molecule has 72 valence electrons. The predicted octanol–water partition coefficient (Wildman–Crippen LogP) is 0.751. The molecule has 0 aliphatic carbocycles. The maximum Gasteiger partial charge on any atom is 0.271 e. The maximum atomic E-state index is 11.8. The SMILES string of the molecule is CCCn1[nH]c2c(c1=O)C(C)NC2. The van der Waals surface area contributed by atoms with Crippen molar-refractivity contribution in [1.82, 2.24) is 15.1 Å². The number of nitrogens with one attached hydrogen (secondary N) is 2. The van der Waals surface area contributed by atoms with Crippen LogP contribution < -0.4 is 10.9 Å². The van der Waals surface area contributed by atoms with Crippen LogP contribution in [0.2, 0.25) is 0 Å². The highest BCUT2D eigenvalue weighted by atomic mass is 16.1. The van der Waals surface area contributed by atoms with Crippen LogP contribution >= 0.6 is 0 Å². The Bertz CT molecular complexity index is 363. The summed E-state index contributed by atoms with van der Waals surface area (Å²) in [5.74, 6) is 0. The van der Waals surface area contributed by atoms with E-state index in [9.17, 15) is 4.79 Å². The normalized spacial score (nSPS) is 20.6. The third kappa shape index (κ3) is 1.21. The third-order valence-electron chi connectivity index (χ3n) is 2.54. The Morgan fingerprint density at radius 1 is 1.62 bits per heavy atom. The molecule has 4 heteroatoms. The Morgan fingerprint density at radius 2 is 2.38 bits per heavy atom. The monoisotopic (exact) mass is 181 g/mol. The van der Waals surface area contributed by atoms with Crippen LogP contribution in [0.25, 0.3) is 0 Å². The fourth-order valence-corrected chi connectivity index (χ4v) is 1.87. The van der Waals surface area contributed by atoms with E-state index in [0.29, 0.717) is 0 Å². The molecule has 0 spiro atoms. The first-order valence-corrected chi connectivity index (χ1v) is 4.79. The summed E-state index contributed by atoms with van der Waals surface area (Å²) >= 11 is 0. The Morgan fingerprint density at radius 3 is 3.00 bits per heavy atom. The second-order valence-electron chi connectivity index (χ2n) is 3.56. The zero-order valence-electron chi connectivity index (χ0n) is 8.05. The minimum Gasteiger partial charge on any atom is -0.304 e. The molecule has 0 aromatic carbocycles. The summed E-state index contributed by atoms with van der Waals surface area (Å²) < 4.78 is 1.71. The molecule has 4 nitrogen and oxygen atoms in total. The number of aryl methyl sites for hydroxylation is 1. The molecule has 0 bridgehead atoms. The molecule has 2 N–H and O–H groups in total. The van der Waals surface area contributed by atoms with Gasteiger partial charge in [-0.15, -0.1) is 0 Å². The van der Waals surface area contributed by atoms with Crippen molar-refractivity contribution in [2.75, 3.05) is 0 Å². The topological polar surface area (TPSA) is 49.8 Å². The van der Waals surface area contributed by atoms with Gasteiger partial charge in [0.15, 0.2) is 0 Å². The van der Waals surface area contributed by atoms with E-state index in [1.54, 1.807) is 4.68 Å². The Labute approximate surface area is 76.9 Å². The second-order valence-corrected chi connectivity index (χ2v) is 3.56. The van der Waals surface area contributed by atoms with Crippen LogP contribution in [-0.2, 0) is 13.1 Å². The van der Waals surface area contributed by atoms with Crippen molar-refractivity contribution in [2.24, 2.45) is 0 Å². The molecule has 0 saturated heterocycles. The lowest BCUT2D eigenvalue weighted by Gasteiger charge is -2.02. The summed E-state index contributed by atoms with van der Waals surface area (Å²) in [7, 11) is 0. The number of fused-ring (bicyclic) bond motifs is 1. The van der Waals surface area contributed by atoms with Gasteiger partial charge in [0.2, 0.25) is 0 Å². The zero-order valence-corrected chi connectivity index (χ0v) is 8.05. The highest BCUT2D eigenvalue weighted by molar-refractivity contribution is 5.25. The number of H-pyrrole nitrogens is 1. The fraction of sp³-hybridized carbons (Fsp3) is 0.667. The van der Waals surface area contributed by atoms with E-state index < -0.39 is 0 Å². The molecular formula is C9H15N3O. The molecule has 1 aromatic rings. The van der Waals surface area contributed by atoms with Crippen molar-refractivity contribution in [3.05, 3.63) is 21.6 Å². The lowest BCUT2D eigenvalue weighted by Crippen LogP contribution is -2.23. The summed E-state index contributed by atoms with van der Waals surface area (Å²) in [6.45, 7) is 5.68. The van der Waals surface area contributed by atoms with Crippen LogP contribution in [0.4, 0.5) is 0 Å². The highest BCUT2D eigenvalue weighted by Crippen LogP contribution is 2.19. The molecule has 13 heavy (non-hydrogen) atoms. The summed E-state index contributed by atoms with van der Waals surface area (Å²) in [6, 6.07) is 0.205. The largest absolute Gasteiger partial charge is 0.304 e. The third-order valence-corrected chi connectivity index (χ3v) is 2.54. The number of hydrogen-bond donors (Lipinski definition) is 2. The van der Waals surface area contributed by atoms with E-state index in [2.05, 4.69) is 17.3 Å². The van der Waals surface area contributed by atoms with E-state index >= 15 is 0 Å². The molecule has 2 heterocycles. The quantitative estimate of drug-likeness (QED) is 0.707. The van der Waals surface area contributed by atoms with Crippen LogP contribution in [0.1, 0.15) is 37.6 Å². The Balaban J connectivity index is 2.44. The van der Waals surface area contributed by atoms with Crippen molar-refractivity contribution in [2.45, 2.75) is 39.4 Å². The molecule has 2 rings (SSSR count). The molecule has 1 atom stereocenters. The van der Waals surface area contributed by atoms with Gasteiger partial charge < -0.3 is 5.32 Å². The van der Waals surface area contributed by atoms with Gasteiger partial charge in [-0.1, -0.05) is 6.92 Å². The van der Waals surface area contributed by atoms with Gasteiger partial charge in [0.25, 0.3) is 5.56 Å². The number of rotatable bonds is 2. The van der Waals surface area contributed by atoms with E-state index in [4.69, 9.17) is 0 Å². The fourth-order valence-electron chi connectivity index (χ4n) is 1.87. The van der Waals surface area contributed by atoms with Crippen molar-refractivity contribution in [3.8, 4) is 0 Å². The van der Waals surface area contributed by atoms with Gasteiger partial charge in [0.05, 0.1) is 11.3 Å². The lowest BCUT2D eigenvalue weighted by atomic mass is 10.2. The van der Waals surface area contributed by atoms with E-state index in [1.807, 2.05) is 6.92 Å². The molecular weight excluding hydrogens is 166 g/mol. The Hall–Kier alpha value is -1.03. The number of aromatic amines is 1. The average Bonchev–Trinajstić information content (AvgIpc) is 2.58. The molecule has 1 unspecified atom stereocenters. The smallest absolute Gasteiger partial charge is 0.271 e. The van der Waals surface area contributed by atoms with Gasteiger partial charge >= 0.3 is 0 Å². The summed E-state index contributed by atoms with van der Waals surface area (Å²) in [4.78, 5) is 11.8. The van der Waals surface area contributed by atoms with Crippen molar-refractivity contribution >= 4 is 0 Å². The summed E-state index contributed by atoms with van der Waals surface area (Å²) in [6.07, 6.45) is 0.987. The maximum absolute atomic E-state index is 11.8. The molecule has 1 aliphatic rings. The number of nitrogens with zero attached hydrogens (tertiary/aromatic N) is 1. The van der Waals surface area contributed by atoms with Crippen LogP contribution in [-0.4, -0.2) is 9.78 Å². The van der Waals surface area contributed by atoms with Gasteiger partial charge in [-0.25, -0.2) is 0 Å². The first-order valence-electron chi connectivity index (χ1n) is 4.79. The summed E-state index contributed by atoms with van der Waals surface area (Å²) in [5, 5.41) is 6.37. The zero-order chi connectivity index (χ0) is 9.42. The molecule has 1 aliphatic heterocycles. The number of aromatic nitrogens is 2. The first kappa shape index (κ1) is 8.56. The van der Waals surface area contributed by atoms with Crippen molar-refractivity contribution in [3.63, 3.8) is 0 Å². The second kappa shape index (κ2) is 3.03. The minimum atomic E-state index is 0.148. The van der Waals surface area contributed by atoms with Gasteiger partial charge in [0.1, 0.15) is 0 Å². The Kier molecular flexibility index (Phi) is 2.00. The van der Waals surface area contributed by atoms with Crippen LogP contribution in [0.15, 0.2) is 4.79 Å². The van der Waals surface area contributed by atoms with Crippen LogP contribution in [0.3, 0.4) is 0 Å². The predicted molar refractivity (Wildman–Crippen MR) is 50.6 cm³/mol. The molecule has 1 aromatic heterocycles. The van der Waals surface area contributed by atoms with E-state index in [1.165, 1.54) is 0 Å². The van der Waals surface area contributed by atoms with Gasteiger partial charge in [0, 0.05) is 19.1 Å². The van der Waals surface area contributed by atoms with Crippen molar-refractivity contribution < 1.29 is 0 Å². The van der Waals surface area contributed by atoms with Gasteiger partial charge in [-0.2, -0.15) is 0 Å². The summed E-state index contributed by atoms with van der Waals surface area (Å²) in [5.41, 5.74) is 2.13. The van der Waals surface area contributed by atoms with Gasteiger partial charge in [-0.05, 0) is 13.3 Å². The van der Waals surface area contributed by atoms with E-state index in [-0.39, 0.29) is 11.6 Å². The highest BCUT2D eigenvalue weighted by Gasteiger charge is 2.24. The average molecular weight is 181 g/mol. The molecule has 0 fully saturated rings. The van der Waals surface area contributed by atoms with E-state index in [0.717, 1.165) is 30.8 Å². The van der Waals surface area contributed by atoms with Gasteiger partial charge in [-0.3, -0.25) is 14.6 Å². The molecule has 0 amide bonds. The number of hydrogen-bond acceptors (Lipinski definition) is 2. The standard InChI is InChI=1S/C9H15N3O/c1-3-4-12-9(13)8-6(2)10-5-7(8)11-12/h6,10-11H,3-5H2,1-2H3.